The van der Waals surface area contributed by atoms with Crippen molar-refractivity contribution in [3.05, 3.63) is 35.4 Å². The van der Waals surface area contributed by atoms with Crippen molar-refractivity contribution in [1.29, 1.82) is 0 Å². The van der Waals surface area contributed by atoms with E-state index < -0.39 is 17.6 Å². The van der Waals surface area contributed by atoms with E-state index in [2.05, 4.69) is 0 Å². The largest absolute Gasteiger partial charge is 0.348 e. The average Bonchev–Trinajstić information content (AvgIpc) is 2.88. The smallest absolute Gasteiger partial charge is 0.285 e. The molecule has 1 aromatic carbocycles. The van der Waals surface area contributed by atoms with Gasteiger partial charge in [0.25, 0.3) is 11.8 Å². The summed E-state index contributed by atoms with van der Waals surface area (Å²) in [7, 11) is 0. The maximum atomic E-state index is 12.0. The van der Waals surface area contributed by atoms with Gasteiger partial charge in [0, 0.05) is 0 Å². The summed E-state index contributed by atoms with van der Waals surface area (Å²) in [4.78, 5) is 29.4. The Balaban J connectivity index is 1.66. The molecule has 0 bridgehead atoms. The molecule has 6 heteroatoms. The zero-order valence-corrected chi connectivity index (χ0v) is 11.3. The molecule has 0 aromatic heterocycles. The molecule has 0 aliphatic carbocycles. The normalized spacial score (nSPS) is 24.3. The third-order valence-corrected chi connectivity index (χ3v) is 3.21. The van der Waals surface area contributed by atoms with Crippen LogP contribution < -0.4 is 0 Å². The number of fused-ring (bicyclic) bond motifs is 1. The Bertz CT molecular complexity index is 533. The number of hydrogen-bond donors (Lipinski definition) is 0. The Morgan fingerprint density at radius 2 is 1.85 bits per heavy atom. The summed E-state index contributed by atoms with van der Waals surface area (Å²) in [6.45, 7) is 4.06. The van der Waals surface area contributed by atoms with Crippen molar-refractivity contribution in [1.82, 2.24) is 5.06 Å². The number of rotatable bonds is 3. The summed E-state index contributed by atoms with van der Waals surface area (Å²) < 4.78 is 11.0. The van der Waals surface area contributed by atoms with Gasteiger partial charge in [-0.3, -0.25) is 14.4 Å². The molecule has 0 spiro atoms. The van der Waals surface area contributed by atoms with E-state index in [0.29, 0.717) is 17.7 Å². The number of imide groups is 1. The van der Waals surface area contributed by atoms with Gasteiger partial charge < -0.3 is 9.47 Å². The number of carbonyl (C=O) groups is 2. The van der Waals surface area contributed by atoms with Gasteiger partial charge in [0.05, 0.1) is 17.7 Å². The molecule has 2 amide bonds. The lowest BCUT2D eigenvalue weighted by Gasteiger charge is -2.18. The second-order valence-corrected chi connectivity index (χ2v) is 5.20. The minimum absolute atomic E-state index is 0.0922. The van der Waals surface area contributed by atoms with Crippen LogP contribution in [0.4, 0.5) is 0 Å². The highest BCUT2D eigenvalue weighted by atomic mass is 16.8. The van der Waals surface area contributed by atoms with Crippen LogP contribution in [0.3, 0.4) is 0 Å². The first-order valence-corrected chi connectivity index (χ1v) is 6.40. The third kappa shape index (κ3) is 2.22. The van der Waals surface area contributed by atoms with E-state index in [-0.39, 0.29) is 12.7 Å². The van der Waals surface area contributed by atoms with Crippen molar-refractivity contribution in [2.45, 2.75) is 25.7 Å². The first-order valence-electron chi connectivity index (χ1n) is 6.40. The number of benzene rings is 1. The minimum Gasteiger partial charge on any atom is -0.348 e. The van der Waals surface area contributed by atoms with Crippen molar-refractivity contribution < 1.29 is 23.9 Å². The molecule has 1 atom stereocenters. The lowest BCUT2D eigenvalue weighted by Crippen LogP contribution is -2.34. The molecule has 20 heavy (non-hydrogen) atoms. The summed E-state index contributed by atoms with van der Waals surface area (Å²) in [6.07, 6.45) is -0.297. The van der Waals surface area contributed by atoms with Crippen LogP contribution in [0.15, 0.2) is 24.3 Å². The Morgan fingerprint density at radius 1 is 1.25 bits per heavy atom. The van der Waals surface area contributed by atoms with Gasteiger partial charge in [0.15, 0.2) is 5.79 Å². The van der Waals surface area contributed by atoms with Gasteiger partial charge in [0.1, 0.15) is 12.7 Å². The maximum Gasteiger partial charge on any atom is 0.285 e. The molecule has 0 radical (unpaired) electrons. The summed E-state index contributed by atoms with van der Waals surface area (Å²) in [6, 6.07) is 6.64. The van der Waals surface area contributed by atoms with E-state index >= 15 is 0 Å². The molecule has 1 unspecified atom stereocenters. The van der Waals surface area contributed by atoms with E-state index in [4.69, 9.17) is 14.3 Å². The Hall–Kier alpha value is -1.76. The van der Waals surface area contributed by atoms with Gasteiger partial charge in [-0.15, -0.1) is 5.06 Å². The Labute approximate surface area is 116 Å². The van der Waals surface area contributed by atoms with Crippen LogP contribution in [0.5, 0.6) is 0 Å². The quantitative estimate of drug-likeness (QED) is 0.781. The molecule has 3 rings (SSSR count). The highest BCUT2D eigenvalue weighted by molar-refractivity contribution is 6.20. The fourth-order valence-electron chi connectivity index (χ4n) is 2.29. The predicted octanol–water partition coefficient (Wildman–Crippen LogP) is 1.37. The Kier molecular flexibility index (Phi) is 3.08. The highest BCUT2D eigenvalue weighted by Gasteiger charge is 2.38. The molecule has 1 saturated heterocycles. The summed E-state index contributed by atoms with van der Waals surface area (Å²) >= 11 is 0. The van der Waals surface area contributed by atoms with E-state index in [1.807, 2.05) is 0 Å². The number of hydrogen-bond acceptors (Lipinski definition) is 5. The molecule has 1 fully saturated rings. The fraction of sp³-hybridized carbons (Fsp3) is 0.429. The highest BCUT2D eigenvalue weighted by Crippen LogP contribution is 2.25. The summed E-state index contributed by atoms with van der Waals surface area (Å²) in [5.74, 6) is -1.54. The third-order valence-electron chi connectivity index (χ3n) is 3.21. The van der Waals surface area contributed by atoms with E-state index in [1.165, 1.54) is 0 Å². The van der Waals surface area contributed by atoms with Gasteiger partial charge in [-0.2, -0.15) is 0 Å². The standard InChI is InChI=1S/C14H15NO5/c1-14(2)18-7-9(20-14)8-19-15-12(16)10-5-3-4-6-11(10)13(15)17/h3-6,9H,7-8H2,1-2H3. The van der Waals surface area contributed by atoms with Crippen LogP contribution in [-0.2, 0) is 14.3 Å². The molecule has 0 N–H and O–H groups in total. The van der Waals surface area contributed by atoms with Crippen molar-refractivity contribution >= 4 is 11.8 Å². The molecule has 2 heterocycles. The topological polar surface area (TPSA) is 65.1 Å². The number of hydroxylamine groups is 2. The van der Waals surface area contributed by atoms with Crippen LogP contribution >= 0.6 is 0 Å². The molecule has 2 aliphatic heterocycles. The number of nitrogens with zero attached hydrogens (tertiary/aromatic N) is 1. The van der Waals surface area contributed by atoms with Crippen LogP contribution in [0.2, 0.25) is 0 Å². The van der Waals surface area contributed by atoms with Gasteiger partial charge in [-0.25, -0.2) is 0 Å². The van der Waals surface area contributed by atoms with Crippen LogP contribution in [0.1, 0.15) is 34.6 Å². The maximum absolute atomic E-state index is 12.0. The van der Waals surface area contributed by atoms with E-state index in [9.17, 15) is 9.59 Å². The zero-order valence-electron chi connectivity index (χ0n) is 11.3. The van der Waals surface area contributed by atoms with Crippen LogP contribution in [0.25, 0.3) is 0 Å². The first-order chi connectivity index (χ1) is 9.48. The van der Waals surface area contributed by atoms with Crippen LogP contribution in [-0.4, -0.2) is 42.0 Å². The first kappa shape index (κ1) is 13.2. The Morgan fingerprint density at radius 3 is 2.35 bits per heavy atom. The second kappa shape index (κ2) is 4.66. The summed E-state index contributed by atoms with van der Waals surface area (Å²) in [5.41, 5.74) is 0.725. The van der Waals surface area contributed by atoms with Gasteiger partial charge in [0.2, 0.25) is 0 Å². The number of amides is 2. The van der Waals surface area contributed by atoms with Gasteiger partial charge in [-0.1, -0.05) is 12.1 Å². The monoisotopic (exact) mass is 277 g/mol. The average molecular weight is 277 g/mol. The van der Waals surface area contributed by atoms with Crippen LogP contribution in [0, 0.1) is 0 Å². The lowest BCUT2D eigenvalue weighted by atomic mass is 10.1. The summed E-state index contributed by atoms with van der Waals surface area (Å²) in [5, 5.41) is 0.791. The zero-order chi connectivity index (χ0) is 14.3. The van der Waals surface area contributed by atoms with Crippen molar-refractivity contribution in [2.24, 2.45) is 0 Å². The van der Waals surface area contributed by atoms with E-state index in [0.717, 1.165) is 5.06 Å². The fourth-order valence-corrected chi connectivity index (χ4v) is 2.29. The SMILES string of the molecule is CC1(C)OCC(CON2C(=O)c3ccccc3C2=O)O1. The molecule has 106 valence electrons. The van der Waals surface area contributed by atoms with Crippen molar-refractivity contribution in [3.8, 4) is 0 Å². The van der Waals surface area contributed by atoms with Gasteiger partial charge in [-0.05, 0) is 26.0 Å². The number of carbonyl (C=O) groups excluding carboxylic acids is 2. The van der Waals surface area contributed by atoms with Gasteiger partial charge >= 0.3 is 0 Å². The molecule has 0 saturated carbocycles. The van der Waals surface area contributed by atoms with Crippen molar-refractivity contribution in [2.75, 3.05) is 13.2 Å². The number of ether oxygens (including phenoxy) is 2. The second-order valence-electron chi connectivity index (χ2n) is 5.20. The lowest BCUT2D eigenvalue weighted by molar-refractivity contribution is -0.163. The molecule has 1 aromatic rings. The predicted molar refractivity (Wildman–Crippen MR) is 67.8 cm³/mol. The molecule has 6 nitrogen and oxygen atoms in total. The molecular weight excluding hydrogens is 262 g/mol. The minimum atomic E-state index is -0.657. The van der Waals surface area contributed by atoms with E-state index in [1.54, 1.807) is 38.1 Å². The molecular formula is C14H15NO5. The van der Waals surface area contributed by atoms with Crippen molar-refractivity contribution in [3.63, 3.8) is 0 Å². The molecule has 2 aliphatic rings.